The molecule has 0 saturated carbocycles. The molecule has 2 rings (SSSR count). The lowest BCUT2D eigenvalue weighted by Crippen LogP contribution is -2.26. The molecule has 0 bridgehead atoms. The molecule has 3 N–H and O–H groups in total. The molecule has 3 heteroatoms. The van der Waals surface area contributed by atoms with E-state index in [9.17, 15) is 5.11 Å². The second-order valence-corrected chi connectivity index (χ2v) is 4.65. The fourth-order valence-corrected chi connectivity index (χ4v) is 2.37. The molecule has 2 atom stereocenters. The van der Waals surface area contributed by atoms with Gasteiger partial charge in [0.15, 0.2) is 0 Å². The number of likely N-dealkylation sites (tertiary alicyclic amines) is 1. The molecule has 0 radical (unpaired) electrons. The maximum absolute atomic E-state index is 9.25. The van der Waals surface area contributed by atoms with Crippen LogP contribution in [0.1, 0.15) is 24.9 Å². The number of hydrogen-bond donors (Lipinski definition) is 2. The number of nitrogens with two attached hydrogens (primary N) is 1. The zero-order valence-electron chi connectivity index (χ0n) is 9.76. The summed E-state index contributed by atoms with van der Waals surface area (Å²) < 4.78 is 0. The van der Waals surface area contributed by atoms with E-state index >= 15 is 0 Å². The Hall–Kier alpha value is -1.06. The minimum atomic E-state index is 0.331. The quantitative estimate of drug-likeness (QED) is 0.815. The van der Waals surface area contributed by atoms with Crippen LogP contribution in [0.25, 0.3) is 0 Å². The summed E-state index contributed by atoms with van der Waals surface area (Å²) in [7, 11) is 0. The average molecular weight is 220 g/mol. The van der Waals surface area contributed by atoms with E-state index in [-0.39, 0.29) is 0 Å². The summed E-state index contributed by atoms with van der Waals surface area (Å²) in [5, 5.41) is 9.25. The van der Waals surface area contributed by atoms with Gasteiger partial charge in [0, 0.05) is 12.6 Å². The minimum absolute atomic E-state index is 0.331. The van der Waals surface area contributed by atoms with Crippen molar-refractivity contribution in [2.45, 2.75) is 19.4 Å². The number of aromatic hydroxyl groups is 1. The smallest absolute Gasteiger partial charge is 0.115 e. The zero-order valence-corrected chi connectivity index (χ0v) is 9.76. The number of rotatable bonds is 3. The highest BCUT2D eigenvalue weighted by atomic mass is 16.3. The molecule has 3 nitrogen and oxygen atoms in total. The average Bonchev–Trinajstić information content (AvgIpc) is 2.77. The molecule has 0 aromatic heterocycles. The van der Waals surface area contributed by atoms with Gasteiger partial charge in [0.05, 0.1) is 0 Å². The van der Waals surface area contributed by atoms with Crippen LogP contribution in [-0.2, 0) is 0 Å². The molecule has 16 heavy (non-hydrogen) atoms. The van der Waals surface area contributed by atoms with Crippen LogP contribution in [-0.4, -0.2) is 29.6 Å². The van der Waals surface area contributed by atoms with Crippen molar-refractivity contribution >= 4 is 0 Å². The van der Waals surface area contributed by atoms with E-state index in [1.165, 1.54) is 12.0 Å². The van der Waals surface area contributed by atoms with Crippen molar-refractivity contribution in [1.82, 2.24) is 4.90 Å². The van der Waals surface area contributed by atoms with Crippen LogP contribution in [0.15, 0.2) is 24.3 Å². The molecule has 0 aliphatic carbocycles. The van der Waals surface area contributed by atoms with Gasteiger partial charge in [0.25, 0.3) is 0 Å². The number of benzene rings is 1. The molecular weight excluding hydrogens is 200 g/mol. The van der Waals surface area contributed by atoms with Gasteiger partial charge < -0.3 is 10.8 Å². The standard InChI is InChI=1S/C13H20N2O/c1-10(12-2-4-13(16)5-3-12)15-7-6-11(8-14)9-15/h2-5,10-11,16H,6-9,14H2,1H3. The summed E-state index contributed by atoms with van der Waals surface area (Å²) in [5.41, 5.74) is 6.95. The Morgan fingerprint density at radius 3 is 2.69 bits per heavy atom. The lowest BCUT2D eigenvalue weighted by Gasteiger charge is -2.24. The Bertz CT molecular complexity index is 336. The van der Waals surface area contributed by atoms with Crippen molar-refractivity contribution in [1.29, 1.82) is 0 Å². The monoisotopic (exact) mass is 220 g/mol. The molecule has 1 aliphatic rings. The van der Waals surface area contributed by atoms with Gasteiger partial charge >= 0.3 is 0 Å². The van der Waals surface area contributed by atoms with Crippen molar-refractivity contribution < 1.29 is 5.11 Å². The summed E-state index contributed by atoms with van der Waals surface area (Å²) in [6, 6.07) is 7.91. The third-order valence-electron chi connectivity index (χ3n) is 3.57. The van der Waals surface area contributed by atoms with Crippen LogP contribution < -0.4 is 5.73 Å². The first kappa shape index (κ1) is 11.4. The highest BCUT2D eigenvalue weighted by Gasteiger charge is 2.25. The SMILES string of the molecule is CC(c1ccc(O)cc1)N1CCC(CN)C1. The van der Waals surface area contributed by atoms with Crippen LogP contribution >= 0.6 is 0 Å². The van der Waals surface area contributed by atoms with Gasteiger partial charge in [-0.15, -0.1) is 0 Å². The Balaban J connectivity index is 2.02. The number of nitrogens with zero attached hydrogens (tertiary/aromatic N) is 1. The Morgan fingerprint density at radius 1 is 1.44 bits per heavy atom. The molecular formula is C13H20N2O. The van der Waals surface area contributed by atoms with E-state index in [4.69, 9.17) is 5.73 Å². The van der Waals surface area contributed by atoms with Crippen LogP contribution in [0, 0.1) is 5.92 Å². The molecule has 0 amide bonds. The summed E-state index contributed by atoms with van der Waals surface area (Å²) in [6.07, 6.45) is 1.21. The Kier molecular flexibility index (Phi) is 3.46. The van der Waals surface area contributed by atoms with Crippen LogP contribution in [0.2, 0.25) is 0 Å². The van der Waals surface area contributed by atoms with Gasteiger partial charge in [-0.1, -0.05) is 12.1 Å². The van der Waals surface area contributed by atoms with Gasteiger partial charge in [-0.3, -0.25) is 4.90 Å². The van der Waals surface area contributed by atoms with Crippen molar-refractivity contribution in [2.24, 2.45) is 11.7 Å². The molecule has 2 unspecified atom stereocenters. The lowest BCUT2D eigenvalue weighted by atomic mass is 10.1. The van der Waals surface area contributed by atoms with Gasteiger partial charge in [-0.25, -0.2) is 0 Å². The summed E-state index contributed by atoms with van der Waals surface area (Å²) in [4.78, 5) is 2.46. The van der Waals surface area contributed by atoms with E-state index < -0.39 is 0 Å². The topological polar surface area (TPSA) is 49.5 Å². The van der Waals surface area contributed by atoms with Crippen LogP contribution in [0.4, 0.5) is 0 Å². The second kappa shape index (κ2) is 4.85. The molecule has 1 aromatic rings. The largest absolute Gasteiger partial charge is 0.508 e. The normalized spacial score (nSPS) is 23.5. The maximum atomic E-state index is 9.25. The first-order valence-corrected chi connectivity index (χ1v) is 5.93. The minimum Gasteiger partial charge on any atom is -0.508 e. The van der Waals surface area contributed by atoms with Crippen molar-refractivity contribution in [3.63, 3.8) is 0 Å². The number of phenols is 1. The van der Waals surface area contributed by atoms with E-state index in [0.717, 1.165) is 19.6 Å². The lowest BCUT2D eigenvalue weighted by molar-refractivity contribution is 0.253. The summed E-state index contributed by atoms with van der Waals surface area (Å²) >= 11 is 0. The van der Waals surface area contributed by atoms with Gasteiger partial charge in [-0.2, -0.15) is 0 Å². The third kappa shape index (κ3) is 2.36. The van der Waals surface area contributed by atoms with Crippen molar-refractivity contribution in [2.75, 3.05) is 19.6 Å². The molecule has 1 heterocycles. The molecule has 1 fully saturated rings. The van der Waals surface area contributed by atoms with Gasteiger partial charge in [0.2, 0.25) is 0 Å². The van der Waals surface area contributed by atoms with Gasteiger partial charge in [0.1, 0.15) is 5.75 Å². The van der Waals surface area contributed by atoms with E-state index in [1.807, 2.05) is 12.1 Å². The van der Waals surface area contributed by atoms with Crippen LogP contribution in [0.5, 0.6) is 5.75 Å². The first-order chi connectivity index (χ1) is 7.70. The number of hydrogen-bond acceptors (Lipinski definition) is 3. The fraction of sp³-hybridized carbons (Fsp3) is 0.538. The first-order valence-electron chi connectivity index (χ1n) is 5.93. The van der Waals surface area contributed by atoms with Crippen molar-refractivity contribution in [3.8, 4) is 5.75 Å². The molecule has 1 aliphatic heterocycles. The zero-order chi connectivity index (χ0) is 11.5. The van der Waals surface area contributed by atoms with E-state index in [1.54, 1.807) is 12.1 Å². The number of phenolic OH excluding ortho intramolecular Hbond substituents is 1. The summed E-state index contributed by atoms with van der Waals surface area (Å²) in [5.74, 6) is 0.983. The predicted molar refractivity (Wildman–Crippen MR) is 65.3 cm³/mol. The molecule has 1 saturated heterocycles. The fourth-order valence-electron chi connectivity index (χ4n) is 2.37. The highest BCUT2D eigenvalue weighted by molar-refractivity contribution is 5.27. The highest BCUT2D eigenvalue weighted by Crippen LogP contribution is 2.27. The summed E-state index contributed by atoms with van der Waals surface area (Å²) in [6.45, 7) is 5.23. The Morgan fingerprint density at radius 2 is 2.12 bits per heavy atom. The predicted octanol–water partition coefficient (Wildman–Crippen LogP) is 1.73. The molecule has 88 valence electrons. The maximum Gasteiger partial charge on any atom is 0.115 e. The van der Waals surface area contributed by atoms with Gasteiger partial charge in [-0.05, 0) is 50.0 Å². The molecule has 0 spiro atoms. The third-order valence-corrected chi connectivity index (χ3v) is 3.57. The Labute approximate surface area is 96.9 Å². The van der Waals surface area contributed by atoms with E-state index in [2.05, 4.69) is 11.8 Å². The van der Waals surface area contributed by atoms with Crippen molar-refractivity contribution in [3.05, 3.63) is 29.8 Å². The van der Waals surface area contributed by atoms with E-state index in [0.29, 0.717) is 17.7 Å². The van der Waals surface area contributed by atoms with Crippen LogP contribution in [0.3, 0.4) is 0 Å². The second-order valence-electron chi connectivity index (χ2n) is 4.65. The molecule has 1 aromatic carbocycles.